The van der Waals surface area contributed by atoms with Gasteiger partial charge in [0.2, 0.25) is 0 Å². The van der Waals surface area contributed by atoms with Crippen molar-refractivity contribution in [1.29, 1.82) is 0 Å². The van der Waals surface area contributed by atoms with Gasteiger partial charge in [0.05, 0.1) is 28.1 Å². The zero-order chi connectivity index (χ0) is 15.8. The van der Waals surface area contributed by atoms with E-state index in [1.807, 2.05) is 30.0 Å². The lowest BCUT2D eigenvalue weighted by atomic mass is 10.2. The molecule has 5 nitrogen and oxygen atoms in total. The number of likely N-dealkylation sites (tertiary alicyclic amines) is 1. The van der Waals surface area contributed by atoms with Crippen LogP contribution in [-0.4, -0.2) is 32.3 Å². The largest absolute Gasteiger partial charge is 0.328 e. The first-order valence-corrected chi connectivity index (χ1v) is 8.49. The summed E-state index contributed by atoms with van der Waals surface area (Å²) in [6, 6.07) is 8.14. The molecule has 116 valence electrons. The summed E-state index contributed by atoms with van der Waals surface area (Å²) in [5.41, 5.74) is 2.22. The first kappa shape index (κ1) is 14.3. The Kier molecular flexibility index (Phi) is 3.53. The second-order valence-corrected chi connectivity index (χ2v) is 6.78. The average molecular weight is 324 g/mol. The van der Waals surface area contributed by atoms with Crippen LogP contribution < -0.4 is 0 Å². The van der Waals surface area contributed by atoms with Crippen LogP contribution in [-0.2, 0) is 0 Å². The van der Waals surface area contributed by atoms with Crippen molar-refractivity contribution in [1.82, 2.24) is 19.9 Å². The van der Waals surface area contributed by atoms with Gasteiger partial charge >= 0.3 is 0 Å². The molecular weight excluding hydrogens is 308 g/mol. The van der Waals surface area contributed by atoms with E-state index in [2.05, 4.69) is 16.0 Å². The Morgan fingerprint density at radius 1 is 1.26 bits per heavy atom. The highest BCUT2D eigenvalue weighted by Gasteiger charge is 2.33. The van der Waals surface area contributed by atoms with Crippen molar-refractivity contribution in [3.05, 3.63) is 53.1 Å². The number of rotatable bonds is 2. The van der Waals surface area contributed by atoms with Crippen LogP contribution in [0.1, 0.15) is 40.1 Å². The number of thiazole rings is 1. The molecule has 1 aliphatic heterocycles. The molecule has 6 heteroatoms. The third-order valence-corrected chi connectivity index (χ3v) is 5.25. The van der Waals surface area contributed by atoms with Crippen molar-refractivity contribution in [3.8, 4) is 0 Å². The third-order valence-electron chi connectivity index (χ3n) is 4.11. The smallest absolute Gasteiger partial charge is 0.274 e. The van der Waals surface area contributed by atoms with Gasteiger partial charge in [-0.15, -0.1) is 11.3 Å². The summed E-state index contributed by atoms with van der Waals surface area (Å²) in [4.78, 5) is 27.8. The summed E-state index contributed by atoms with van der Waals surface area (Å²) in [5.74, 6) is -0.0562. The molecule has 0 N–H and O–H groups in total. The van der Waals surface area contributed by atoms with Crippen molar-refractivity contribution in [3.63, 3.8) is 0 Å². The molecule has 3 heterocycles. The van der Waals surface area contributed by atoms with Gasteiger partial charge in [0, 0.05) is 12.7 Å². The molecule has 1 unspecified atom stereocenters. The van der Waals surface area contributed by atoms with E-state index in [4.69, 9.17) is 4.98 Å². The molecule has 0 bridgehead atoms. The van der Waals surface area contributed by atoms with E-state index in [0.717, 1.165) is 40.3 Å². The lowest BCUT2D eigenvalue weighted by Crippen LogP contribution is -2.31. The van der Waals surface area contributed by atoms with Crippen LogP contribution in [0.15, 0.2) is 36.7 Å². The van der Waals surface area contributed by atoms with Crippen LogP contribution in [0.25, 0.3) is 10.2 Å². The molecule has 0 aliphatic carbocycles. The molecule has 2 aromatic heterocycles. The third kappa shape index (κ3) is 2.59. The van der Waals surface area contributed by atoms with Crippen LogP contribution in [0, 0.1) is 6.92 Å². The molecule has 1 aliphatic rings. The topological polar surface area (TPSA) is 59.0 Å². The van der Waals surface area contributed by atoms with Gasteiger partial charge in [-0.25, -0.2) is 9.97 Å². The molecule has 1 aromatic carbocycles. The van der Waals surface area contributed by atoms with Crippen LogP contribution in [0.2, 0.25) is 0 Å². The second kappa shape index (κ2) is 5.70. The van der Waals surface area contributed by atoms with E-state index in [1.165, 1.54) is 0 Å². The highest BCUT2D eigenvalue weighted by atomic mass is 32.1. The van der Waals surface area contributed by atoms with Crippen molar-refractivity contribution >= 4 is 27.5 Å². The van der Waals surface area contributed by atoms with Crippen molar-refractivity contribution in [2.45, 2.75) is 25.8 Å². The normalized spacial score (nSPS) is 17.8. The number of para-hydroxylation sites is 1. The van der Waals surface area contributed by atoms with Gasteiger partial charge in [0.15, 0.2) is 0 Å². The van der Waals surface area contributed by atoms with Crippen LogP contribution >= 0.6 is 11.3 Å². The Balaban J connectivity index is 1.65. The molecule has 0 saturated carbocycles. The second-order valence-electron chi connectivity index (χ2n) is 5.72. The monoisotopic (exact) mass is 324 g/mol. The quantitative estimate of drug-likeness (QED) is 0.725. The van der Waals surface area contributed by atoms with Crippen LogP contribution in [0.3, 0.4) is 0 Å². The summed E-state index contributed by atoms with van der Waals surface area (Å²) in [5, 5.41) is 1.01. The SMILES string of the molecule is Cc1cnc(C(=O)N2CCCC2c2nc3ccccc3s2)cn1. The zero-order valence-corrected chi connectivity index (χ0v) is 13.6. The van der Waals surface area contributed by atoms with Crippen LogP contribution in [0.4, 0.5) is 0 Å². The Morgan fingerprint density at radius 3 is 2.91 bits per heavy atom. The van der Waals surface area contributed by atoms with Gasteiger partial charge in [0.25, 0.3) is 5.91 Å². The Hall–Kier alpha value is -2.34. The highest BCUT2D eigenvalue weighted by molar-refractivity contribution is 7.18. The molecule has 3 aromatic rings. The maximum absolute atomic E-state index is 12.8. The number of fused-ring (bicyclic) bond motifs is 1. The maximum atomic E-state index is 12.8. The van der Waals surface area contributed by atoms with E-state index in [0.29, 0.717) is 5.69 Å². The number of carbonyl (C=O) groups is 1. The number of aromatic nitrogens is 3. The standard InChI is InChI=1S/C17H16N4OS/c1-11-9-19-13(10-18-11)17(22)21-8-4-6-14(21)16-20-12-5-2-3-7-15(12)23-16/h2-3,5,7,9-10,14H,4,6,8H2,1H3. The first-order valence-electron chi connectivity index (χ1n) is 7.67. The number of hydrogen-bond donors (Lipinski definition) is 0. The van der Waals surface area contributed by atoms with Gasteiger partial charge < -0.3 is 4.90 Å². The predicted molar refractivity (Wildman–Crippen MR) is 89.4 cm³/mol. The summed E-state index contributed by atoms with van der Waals surface area (Å²) < 4.78 is 1.16. The number of hydrogen-bond acceptors (Lipinski definition) is 5. The fourth-order valence-corrected chi connectivity index (χ4v) is 4.06. The number of benzene rings is 1. The zero-order valence-electron chi connectivity index (χ0n) is 12.8. The fraction of sp³-hybridized carbons (Fsp3) is 0.294. The van der Waals surface area contributed by atoms with E-state index in [9.17, 15) is 4.79 Å². The molecule has 1 atom stereocenters. The van der Waals surface area contributed by atoms with E-state index in [-0.39, 0.29) is 11.9 Å². The molecular formula is C17H16N4OS. The lowest BCUT2D eigenvalue weighted by Gasteiger charge is -2.22. The number of carbonyl (C=O) groups excluding carboxylic acids is 1. The summed E-state index contributed by atoms with van der Waals surface area (Å²) in [7, 11) is 0. The molecule has 1 fully saturated rings. The number of aryl methyl sites for hydroxylation is 1. The maximum Gasteiger partial charge on any atom is 0.274 e. The van der Waals surface area contributed by atoms with E-state index in [1.54, 1.807) is 23.7 Å². The molecule has 23 heavy (non-hydrogen) atoms. The van der Waals surface area contributed by atoms with Gasteiger partial charge in [-0.3, -0.25) is 9.78 Å². The molecule has 1 amide bonds. The van der Waals surface area contributed by atoms with E-state index < -0.39 is 0 Å². The van der Waals surface area contributed by atoms with Crippen LogP contribution in [0.5, 0.6) is 0 Å². The molecule has 0 radical (unpaired) electrons. The Bertz CT molecular complexity index is 825. The Labute approximate surface area is 138 Å². The average Bonchev–Trinajstić information content (AvgIpc) is 3.21. The van der Waals surface area contributed by atoms with Crippen molar-refractivity contribution in [2.24, 2.45) is 0 Å². The van der Waals surface area contributed by atoms with Gasteiger partial charge in [-0.1, -0.05) is 12.1 Å². The summed E-state index contributed by atoms with van der Waals surface area (Å²) in [6.45, 7) is 2.61. The number of amides is 1. The van der Waals surface area contributed by atoms with Gasteiger partial charge in [0.1, 0.15) is 10.7 Å². The minimum atomic E-state index is -0.0562. The van der Waals surface area contributed by atoms with Crippen molar-refractivity contribution in [2.75, 3.05) is 6.54 Å². The minimum absolute atomic E-state index is 0.0444. The lowest BCUT2D eigenvalue weighted by molar-refractivity contribution is 0.0729. The summed E-state index contributed by atoms with van der Waals surface area (Å²) >= 11 is 1.67. The van der Waals surface area contributed by atoms with E-state index >= 15 is 0 Å². The molecule has 4 rings (SSSR count). The van der Waals surface area contributed by atoms with Gasteiger partial charge in [-0.05, 0) is 31.9 Å². The number of nitrogens with zero attached hydrogens (tertiary/aromatic N) is 4. The summed E-state index contributed by atoms with van der Waals surface area (Å²) in [6.07, 6.45) is 5.14. The molecule has 0 spiro atoms. The van der Waals surface area contributed by atoms with Gasteiger partial charge in [-0.2, -0.15) is 0 Å². The highest BCUT2D eigenvalue weighted by Crippen LogP contribution is 2.36. The predicted octanol–water partition coefficient (Wildman–Crippen LogP) is 3.37. The Morgan fingerprint density at radius 2 is 2.13 bits per heavy atom. The molecule has 1 saturated heterocycles. The van der Waals surface area contributed by atoms with Crippen molar-refractivity contribution < 1.29 is 4.79 Å². The fourth-order valence-electron chi connectivity index (χ4n) is 2.95. The first-order chi connectivity index (χ1) is 11.2. The minimum Gasteiger partial charge on any atom is -0.328 e.